The van der Waals surface area contributed by atoms with Gasteiger partial charge < -0.3 is 11.5 Å². The monoisotopic (exact) mass is 157 g/mol. The first-order valence-corrected chi connectivity index (χ1v) is 3.46. The van der Waals surface area contributed by atoms with Gasteiger partial charge in [-0.25, -0.2) is 0 Å². The van der Waals surface area contributed by atoms with E-state index in [0.29, 0.717) is 12.8 Å². The summed E-state index contributed by atoms with van der Waals surface area (Å²) in [6, 6.07) is -0.764. The average Bonchev–Trinajstić information content (AvgIpc) is 2.33. The first-order valence-electron chi connectivity index (χ1n) is 3.46. The lowest BCUT2D eigenvalue weighted by Gasteiger charge is -2.07. The van der Waals surface area contributed by atoms with Crippen LogP contribution < -0.4 is 16.8 Å². The van der Waals surface area contributed by atoms with Gasteiger partial charge in [-0.2, -0.15) is 0 Å². The minimum Gasteiger partial charge on any atom is -0.368 e. The summed E-state index contributed by atoms with van der Waals surface area (Å²) in [4.78, 5) is 21.2. The lowest BCUT2D eigenvalue weighted by Crippen LogP contribution is -2.44. The molecule has 0 radical (unpaired) electrons. The molecule has 0 bridgehead atoms. The smallest absolute Gasteiger partial charge is 0.234 e. The van der Waals surface area contributed by atoms with Gasteiger partial charge in [0.1, 0.15) is 0 Å². The van der Waals surface area contributed by atoms with E-state index in [2.05, 4.69) is 5.32 Å². The zero-order valence-electron chi connectivity index (χ0n) is 6.04. The number of carbonyl (C=O) groups excluding carboxylic acids is 2. The highest BCUT2D eigenvalue weighted by molar-refractivity contribution is 5.84. The van der Waals surface area contributed by atoms with Gasteiger partial charge in [0.2, 0.25) is 11.8 Å². The third-order valence-corrected chi connectivity index (χ3v) is 1.83. The van der Waals surface area contributed by atoms with Crippen LogP contribution in [0.5, 0.6) is 0 Å². The van der Waals surface area contributed by atoms with Crippen molar-refractivity contribution >= 4 is 11.8 Å². The summed E-state index contributed by atoms with van der Waals surface area (Å²) in [7, 11) is 0. The van der Waals surface area contributed by atoms with E-state index in [1.165, 1.54) is 0 Å². The number of hydrogen-bond acceptors (Lipinski definition) is 3. The Bertz CT molecular complexity index is 172. The predicted octanol–water partition coefficient (Wildman–Crippen LogP) is -1.92. The zero-order valence-corrected chi connectivity index (χ0v) is 6.04. The van der Waals surface area contributed by atoms with Crippen LogP contribution in [0, 0.1) is 0 Å². The Morgan fingerprint density at radius 2 is 1.45 bits per heavy atom. The fourth-order valence-corrected chi connectivity index (χ4v) is 1.19. The molecule has 5 N–H and O–H groups in total. The SMILES string of the molecule is NC(=O)[C@@H]1CC[C@H](C(N)=O)N1. The maximum atomic E-state index is 10.6. The molecule has 1 aliphatic heterocycles. The van der Waals surface area contributed by atoms with Gasteiger partial charge in [0, 0.05) is 0 Å². The highest BCUT2D eigenvalue weighted by Crippen LogP contribution is 2.10. The van der Waals surface area contributed by atoms with Gasteiger partial charge in [-0.05, 0) is 12.8 Å². The van der Waals surface area contributed by atoms with E-state index < -0.39 is 11.8 Å². The number of carbonyl (C=O) groups is 2. The molecule has 1 heterocycles. The molecule has 5 heteroatoms. The van der Waals surface area contributed by atoms with Crippen molar-refractivity contribution in [3.8, 4) is 0 Å². The molecule has 1 aliphatic rings. The number of nitrogens with two attached hydrogens (primary N) is 2. The third kappa shape index (κ3) is 1.68. The Kier molecular flexibility index (Phi) is 2.09. The molecule has 62 valence electrons. The van der Waals surface area contributed by atoms with E-state index in [0.717, 1.165) is 0 Å². The van der Waals surface area contributed by atoms with Crippen molar-refractivity contribution in [3.05, 3.63) is 0 Å². The summed E-state index contributed by atoms with van der Waals surface area (Å²) in [5.74, 6) is -0.845. The van der Waals surface area contributed by atoms with Gasteiger partial charge in [0.25, 0.3) is 0 Å². The van der Waals surface area contributed by atoms with Gasteiger partial charge >= 0.3 is 0 Å². The summed E-state index contributed by atoms with van der Waals surface area (Å²) < 4.78 is 0. The van der Waals surface area contributed by atoms with Crippen LogP contribution in [0.3, 0.4) is 0 Å². The summed E-state index contributed by atoms with van der Waals surface area (Å²) >= 11 is 0. The first kappa shape index (κ1) is 8.00. The molecule has 2 amide bonds. The number of hydrogen-bond donors (Lipinski definition) is 3. The fraction of sp³-hybridized carbons (Fsp3) is 0.667. The minimum absolute atomic E-state index is 0.382. The largest absolute Gasteiger partial charge is 0.368 e. The minimum atomic E-state index is -0.422. The third-order valence-electron chi connectivity index (χ3n) is 1.83. The molecule has 11 heavy (non-hydrogen) atoms. The van der Waals surface area contributed by atoms with Crippen LogP contribution in [0.1, 0.15) is 12.8 Å². The lowest BCUT2D eigenvalue weighted by molar-refractivity contribution is -0.120. The summed E-state index contributed by atoms with van der Waals surface area (Å²) in [5.41, 5.74) is 10.0. The summed E-state index contributed by atoms with van der Waals surface area (Å²) in [6.45, 7) is 0. The van der Waals surface area contributed by atoms with Crippen molar-refractivity contribution in [3.63, 3.8) is 0 Å². The van der Waals surface area contributed by atoms with E-state index in [4.69, 9.17) is 11.5 Å². The van der Waals surface area contributed by atoms with Crippen molar-refractivity contribution < 1.29 is 9.59 Å². The molecular formula is C6H11N3O2. The number of amides is 2. The van der Waals surface area contributed by atoms with Crippen molar-refractivity contribution in [1.82, 2.24) is 5.32 Å². The number of nitrogens with one attached hydrogen (secondary N) is 1. The van der Waals surface area contributed by atoms with Gasteiger partial charge in [-0.15, -0.1) is 0 Å². The molecule has 5 nitrogen and oxygen atoms in total. The lowest BCUT2D eigenvalue weighted by atomic mass is 10.2. The highest BCUT2D eigenvalue weighted by atomic mass is 16.2. The van der Waals surface area contributed by atoms with Gasteiger partial charge in [-0.1, -0.05) is 0 Å². The van der Waals surface area contributed by atoms with Crippen LogP contribution in [0.2, 0.25) is 0 Å². The maximum absolute atomic E-state index is 10.6. The van der Waals surface area contributed by atoms with E-state index in [1.54, 1.807) is 0 Å². The zero-order chi connectivity index (χ0) is 8.43. The average molecular weight is 157 g/mol. The van der Waals surface area contributed by atoms with E-state index in [9.17, 15) is 9.59 Å². The van der Waals surface area contributed by atoms with E-state index in [1.807, 2.05) is 0 Å². The molecule has 1 fully saturated rings. The first-order chi connectivity index (χ1) is 5.11. The van der Waals surface area contributed by atoms with Crippen LogP contribution in [0.15, 0.2) is 0 Å². The molecule has 2 atom stereocenters. The second-order valence-electron chi connectivity index (χ2n) is 2.65. The quantitative estimate of drug-likeness (QED) is 0.435. The predicted molar refractivity (Wildman–Crippen MR) is 38.3 cm³/mol. The Labute approximate surface area is 64.1 Å². The van der Waals surface area contributed by atoms with Crippen LogP contribution in [-0.4, -0.2) is 23.9 Å². The topological polar surface area (TPSA) is 98.2 Å². The van der Waals surface area contributed by atoms with Crippen molar-refractivity contribution in [2.45, 2.75) is 24.9 Å². The Hall–Kier alpha value is -1.10. The Balaban J connectivity index is 2.47. The number of primary amides is 2. The van der Waals surface area contributed by atoms with Gasteiger partial charge in [-0.3, -0.25) is 14.9 Å². The second kappa shape index (κ2) is 2.87. The van der Waals surface area contributed by atoms with Crippen LogP contribution in [0.4, 0.5) is 0 Å². The molecular weight excluding hydrogens is 146 g/mol. The Morgan fingerprint density at radius 1 is 1.09 bits per heavy atom. The normalized spacial score (nSPS) is 30.2. The molecule has 0 aliphatic carbocycles. The fourth-order valence-electron chi connectivity index (χ4n) is 1.19. The standard InChI is InChI=1S/C6H11N3O2/c7-5(10)3-1-2-4(9-3)6(8)11/h3-4,9H,1-2H2,(H2,7,10)(H2,8,11)/t3-,4+. The molecule has 1 saturated heterocycles. The van der Waals surface area contributed by atoms with Crippen LogP contribution in [-0.2, 0) is 9.59 Å². The summed E-state index contributed by atoms with van der Waals surface area (Å²) in [6.07, 6.45) is 1.20. The maximum Gasteiger partial charge on any atom is 0.234 e. The highest BCUT2D eigenvalue weighted by Gasteiger charge is 2.30. The molecule has 0 aromatic carbocycles. The van der Waals surface area contributed by atoms with Gasteiger partial charge in [0.05, 0.1) is 12.1 Å². The van der Waals surface area contributed by atoms with E-state index >= 15 is 0 Å². The number of rotatable bonds is 2. The van der Waals surface area contributed by atoms with E-state index in [-0.39, 0.29) is 12.1 Å². The molecule has 0 unspecified atom stereocenters. The Morgan fingerprint density at radius 3 is 1.64 bits per heavy atom. The molecule has 0 aromatic heterocycles. The van der Waals surface area contributed by atoms with Crippen molar-refractivity contribution in [2.75, 3.05) is 0 Å². The molecule has 0 spiro atoms. The van der Waals surface area contributed by atoms with Crippen LogP contribution >= 0.6 is 0 Å². The summed E-state index contributed by atoms with van der Waals surface area (Å²) in [5, 5.41) is 2.74. The molecule has 0 saturated carbocycles. The van der Waals surface area contributed by atoms with Crippen molar-refractivity contribution in [1.29, 1.82) is 0 Å². The molecule has 1 rings (SSSR count). The molecule has 0 aromatic rings. The van der Waals surface area contributed by atoms with Crippen molar-refractivity contribution in [2.24, 2.45) is 11.5 Å². The van der Waals surface area contributed by atoms with Gasteiger partial charge in [0.15, 0.2) is 0 Å². The van der Waals surface area contributed by atoms with Crippen LogP contribution in [0.25, 0.3) is 0 Å². The second-order valence-corrected chi connectivity index (χ2v) is 2.65.